The van der Waals surface area contributed by atoms with Crippen LogP contribution in [0.2, 0.25) is 0 Å². The molecule has 0 unspecified atom stereocenters. The van der Waals surface area contributed by atoms with E-state index in [4.69, 9.17) is 0 Å². The molecule has 0 fully saturated rings. The fourth-order valence-corrected chi connectivity index (χ4v) is 2.17. The largest absolute Gasteiger partial charge is 1.00 e. The second-order valence-corrected chi connectivity index (χ2v) is 4.42. The molecule has 0 saturated carbocycles. The third kappa shape index (κ3) is 2.14. The van der Waals surface area contributed by atoms with Gasteiger partial charge in [0.15, 0.2) is 11.0 Å². The van der Waals surface area contributed by atoms with E-state index in [2.05, 4.69) is 78.0 Å². The number of para-hydroxylation sites is 2. The Labute approximate surface area is 124 Å². The molecule has 0 spiro atoms. The normalized spacial score (nSPS) is 10.3. The van der Waals surface area contributed by atoms with Crippen molar-refractivity contribution < 1.29 is 28.5 Å². The van der Waals surface area contributed by atoms with Crippen LogP contribution in [0.4, 0.5) is 0 Å². The summed E-state index contributed by atoms with van der Waals surface area (Å²) in [6.45, 7) is 2.11. The van der Waals surface area contributed by atoms with Crippen molar-refractivity contribution in [3.63, 3.8) is 0 Å². The molecule has 2 aromatic carbocycles. The number of hydrogen-bond donors (Lipinski definition) is 0. The SMILES string of the molecule is Cc1ccc(-n2c[n+](C)c3ccccc32)cc1.[I-]. The fraction of sp³-hybridized carbons (Fsp3) is 0.133. The van der Waals surface area contributed by atoms with Gasteiger partial charge < -0.3 is 24.0 Å². The number of hydrogen-bond acceptors (Lipinski definition) is 0. The Hall–Kier alpha value is -1.36. The summed E-state index contributed by atoms with van der Waals surface area (Å²) < 4.78 is 4.37. The first-order valence-corrected chi connectivity index (χ1v) is 5.78. The summed E-state index contributed by atoms with van der Waals surface area (Å²) >= 11 is 0. The highest BCUT2D eigenvalue weighted by Gasteiger charge is 2.13. The summed E-state index contributed by atoms with van der Waals surface area (Å²) in [5.41, 5.74) is 4.97. The van der Waals surface area contributed by atoms with Gasteiger partial charge in [-0.25, -0.2) is 4.57 Å². The molecule has 0 atom stereocenters. The van der Waals surface area contributed by atoms with E-state index >= 15 is 0 Å². The maximum Gasteiger partial charge on any atom is 0.249 e. The Morgan fingerprint density at radius 1 is 0.944 bits per heavy atom. The van der Waals surface area contributed by atoms with Crippen LogP contribution >= 0.6 is 0 Å². The molecule has 92 valence electrons. The van der Waals surface area contributed by atoms with Gasteiger partial charge in [0, 0.05) is 0 Å². The van der Waals surface area contributed by atoms with E-state index in [-0.39, 0.29) is 24.0 Å². The maximum atomic E-state index is 2.22. The molecule has 3 aromatic rings. The van der Waals surface area contributed by atoms with Gasteiger partial charge >= 0.3 is 0 Å². The van der Waals surface area contributed by atoms with Crippen LogP contribution in [-0.4, -0.2) is 4.57 Å². The summed E-state index contributed by atoms with van der Waals surface area (Å²) in [5.74, 6) is 0. The number of rotatable bonds is 1. The van der Waals surface area contributed by atoms with Gasteiger partial charge in [0.25, 0.3) is 0 Å². The average Bonchev–Trinajstić information content (AvgIpc) is 2.69. The number of fused-ring (bicyclic) bond motifs is 1. The van der Waals surface area contributed by atoms with Crippen LogP contribution in [0.5, 0.6) is 0 Å². The Morgan fingerprint density at radius 3 is 2.33 bits per heavy atom. The highest BCUT2D eigenvalue weighted by atomic mass is 127. The molecular weight excluding hydrogens is 335 g/mol. The van der Waals surface area contributed by atoms with Gasteiger partial charge in [-0.15, -0.1) is 0 Å². The van der Waals surface area contributed by atoms with Crippen molar-refractivity contribution in [2.24, 2.45) is 7.05 Å². The average molecular weight is 350 g/mol. The molecule has 0 aliphatic rings. The van der Waals surface area contributed by atoms with Crippen molar-refractivity contribution in [3.05, 3.63) is 60.4 Å². The minimum Gasteiger partial charge on any atom is -1.00 e. The number of aryl methyl sites for hydroxylation is 2. The molecule has 0 N–H and O–H groups in total. The molecule has 2 nitrogen and oxygen atoms in total. The van der Waals surface area contributed by atoms with Crippen LogP contribution in [0.15, 0.2) is 54.9 Å². The van der Waals surface area contributed by atoms with Gasteiger partial charge in [-0.1, -0.05) is 29.8 Å². The van der Waals surface area contributed by atoms with E-state index in [0.29, 0.717) is 0 Å². The highest BCUT2D eigenvalue weighted by Crippen LogP contribution is 2.16. The second-order valence-electron chi connectivity index (χ2n) is 4.42. The topological polar surface area (TPSA) is 8.81 Å². The van der Waals surface area contributed by atoms with Crippen molar-refractivity contribution in [3.8, 4) is 5.69 Å². The van der Waals surface area contributed by atoms with Gasteiger partial charge in [0.05, 0.1) is 7.05 Å². The molecule has 0 aliphatic carbocycles. The van der Waals surface area contributed by atoms with Crippen LogP contribution < -0.4 is 28.5 Å². The first kappa shape index (κ1) is 13.1. The molecule has 0 radical (unpaired) electrons. The third-order valence-corrected chi connectivity index (χ3v) is 3.12. The summed E-state index contributed by atoms with van der Waals surface area (Å²) in [7, 11) is 2.08. The number of halogens is 1. The maximum absolute atomic E-state index is 2.22. The minimum atomic E-state index is 0. The van der Waals surface area contributed by atoms with Gasteiger partial charge in [0.1, 0.15) is 5.69 Å². The highest BCUT2D eigenvalue weighted by molar-refractivity contribution is 5.73. The predicted octanol–water partition coefficient (Wildman–Crippen LogP) is -0.233. The zero-order chi connectivity index (χ0) is 11.8. The first-order chi connectivity index (χ1) is 8.25. The lowest BCUT2D eigenvalue weighted by atomic mass is 10.2. The Kier molecular flexibility index (Phi) is 3.71. The van der Waals surface area contributed by atoms with E-state index < -0.39 is 0 Å². The molecule has 18 heavy (non-hydrogen) atoms. The van der Waals surface area contributed by atoms with Crippen molar-refractivity contribution in [1.29, 1.82) is 0 Å². The number of nitrogens with zero attached hydrogens (tertiary/aromatic N) is 2. The third-order valence-electron chi connectivity index (χ3n) is 3.12. The van der Waals surface area contributed by atoms with Gasteiger partial charge in [-0.3, -0.25) is 0 Å². The van der Waals surface area contributed by atoms with Gasteiger partial charge in [0.2, 0.25) is 6.33 Å². The number of aromatic nitrogens is 2. The van der Waals surface area contributed by atoms with Crippen molar-refractivity contribution in [1.82, 2.24) is 4.57 Å². The lowest BCUT2D eigenvalue weighted by Crippen LogP contribution is -3.00. The van der Waals surface area contributed by atoms with Crippen LogP contribution in [0, 0.1) is 6.92 Å². The molecule has 0 saturated heterocycles. The summed E-state index contributed by atoms with van der Waals surface area (Å²) in [6, 6.07) is 17.0. The van der Waals surface area contributed by atoms with Gasteiger partial charge in [-0.05, 0) is 31.2 Å². The Morgan fingerprint density at radius 2 is 1.61 bits per heavy atom. The van der Waals surface area contributed by atoms with Crippen LogP contribution in [0.3, 0.4) is 0 Å². The molecule has 1 aromatic heterocycles. The van der Waals surface area contributed by atoms with E-state index in [1.165, 1.54) is 22.3 Å². The van der Waals surface area contributed by atoms with E-state index in [1.807, 2.05) is 0 Å². The molecule has 1 heterocycles. The van der Waals surface area contributed by atoms with Crippen molar-refractivity contribution in [2.45, 2.75) is 6.92 Å². The number of imidazole rings is 1. The zero-order valence-electron chi connectivity index (χ0n) is 10.5. The van der Waals surface area contributed by atoms with E-state index in [9.17, 15) is 0 Å². The zero-order valence-corrected chi connectivity index (χ0v) is 12.6. The van der Waals surface area contributed by atoms with Crippen molar-refractivity contribution in [2.75, 3.05) is 0 Å². The fourth-order valence-electron chi connectivity index (χ4n) is 2.17. The quantitative estimate of drug-likeness (QED) is 0.424. The summed E-state index contributed by atoms with van der Waals surface area (Å²) in [4.78, 5) is 0. The summed E-state index contributed by atoms with van der Waals surface area (Å²) in [5, 5.41) is 0. The Balaban J connectivity index is 0.00000120. The van der Waals surface area contributed by atoms with Crippen LogP contribution in [0.25, 0.3) is 16.7 Å². The summed E-state index contributed by atoms with van der Waals surface area (Å²) in [6.07, 6.45) is 2.12. The van der Waals surface area contributed by atoms with E-state index in [1.54, 1.807) is 0 Å². The van der Waals surface area contributed by atoms with Gasteiger partial charge in [-0.2, -0.15) is 4.57 Å². The monoisotopic (exact) mass is 350 g/mol. The molecule has 3 rings (SSSR count). The second kappa shape index (κ2) is 5.10. The molecule has 3 heteroatoms. The molecular formula is C15H15IN2. The molecule has 0 bridgehead atoms. The standard InChI is InChI=1S/C15H15N2.HI/c1-12-7-9-13(10-8-12)17-11-16(2)14-5-3-4-6-15(14)17;/h3-11H,1-2H3;1H/q+1;/p-1. The smallest absolute Gasteiger partial charge is 0.249 e. The Bertz CT molecular complexity index is 669. The lowest BCUT2D eigenvalue weighted by Gasteiger charge is -1.97. The number of benzene rings is 2. The molecule has 0 amide bonds. The molecule has 0 aliphatic heterocycles. The van der Waals surface area contributed by atoms with E-state index in [0.717, 1.165) is 0 Å². The van der Waals surface area contributed by atoms with Crippen molar-refractivity contribution >= 4 is 11.0 Å². The predicted molar refractivity (Wildman–Crippen MR) is 69.2 cm³/mol. The minimum absolute atomic E-state index is 0. The first-order valence-electron chi connectivity index (χ1n) is 5.78. The van der Waals surface area contributed by atoms with Crippen LogP contribution in [0.1, 0.15) is 5.56 Å². The van der Waals surface area contributed by atoms with Crippen LogP contribution in [-0.2, 0) is 7.05 Å². The lowest BCUT2D eigenvalue weighted by molar-refractivity contribution is -0.645.